The topological polar surface area (TPSA) is 97.4 Å². The van der Waals surface area contributed by atoms with E-state index in [9.17, 15) is 14.4 Å². The van der Waals surface area contributed by atoms with Crippen molar-refractivity contribution in [1.29, 1.82) is 0 Å². The van der Waals surface area contributed by atoms with Crippen molar-refractivity contribution in [2.75, 3.05) is 20.3 Å². The van der Waals surface area contributed by atoms with Crippen molar-refractivity contribution in [2.45, 2.75) is 32.3 Å². The Labute approximate surface area is 151 Å². The number of ether oxygens (including phenoxy) is 5. The summed E-state index contributed by atoms with van der Waals surface area (Å²) in [7, 11) is 1.39. The molecule has 0 N–H and O–H groups in total. The first-order valence-electron chi connectivity index (χ1n) is 8.13. The largest absolute Gasteiger partial charge is 0.462 e. The second kappa shape index (κ2) is 9.30. The lowest BCUT2D eigenvalue weighted by molar-refractivity contribution is -0.264. The van der Waals surface area contributed by atoms with Crippen LogP contribution in [0, 0.1) is 5.92 Å². The molecule has 0 amide bonds. The van der Waals surface area contributed by atoms with Crippen LogP contribution in [0.3, 0.4) is 0 Å². The van der Waals surface area contributed by atoms with E-state index in [-0.39, 0.29) is 13.2 Å². The molecular formula is C18H22O8. The molecule has 4 atom stereocenters. The summed E-state index contributed by atoms with van der Waals surface area (Å²) in [5.74, 6) is -2.14. The zero-order chi connectivity index (χ0) is 19.1. The quantitative estimate of drug-likeness (QED) is 0.549. The summed E-state index contributed by atoms with van der Waals surface area (Å²) in [6.45, 7) is 2.52. The lowest BCUT2D eigenvalue weighted by Crippen LogP contribution is -2.55. The fourth-order valence-electron chi connectivity index (χ4n) is 2.69. The van der Waals surface area contributed by atoms with E-state index in [1.807, 2.05) is 0 Å². The molecule has 1 aliphatic rings. The molecule has 1 heterocycles. The van der Waals surface area contributed by atoms with Crippen molar-refractivity contribution < 1.29 is 38.1 Å². The zero-order valence-corrected chi connectivity index (χ0v) is 14.9. The molecule has 1 saturated heterocycles. The lowest BCUT2D eigenvalue weighted by atomic mass is 9.95. The Balaban J connectivity index is 2.10. The van der Waals surface area contributed by atoms with Gasteiger partial charge in [0.15, 0.2) is 18.5 Å². The van der Waals surface area contributed by atoms with Gasteiger partial charge in [0, 0.05) is 21.0 Å². The maximum absolute atomic E-state index is 12.1. The van der Waals surface area contributed by atoms with Crippen molar-refractivity contribution in [3.8, 4) is 0 Å². The van der Waals surface area contributed by atoms with Crippen LogP contribution in [0.15, 0.2) is 30.3 Å². The smallest absolute Gasteiger partial charge is 0.338 e. The number of carbonyl (C=O) groups excluding carboxylic acids is 3. The molecule has 0 saturated carbocycles. The van der Waals surface area contributed by atoms with Crippen molar-refractivity contribution in [3.63, 3.8) is 0 Å². The molecule has 0 aromatic heterocycles. The molecule has 3 unspecified atom stereocenters. The van der Waals surface area contributed by atoms with E-state index in [1.165, 1.54) is 21.0 Å². The summed E-state index contributed by atoms with van der Waals surface area (Å²) in [6.07, 6.45) is -2.71. The predicted octanol–water partition coefficient (Wildman–Crippen LogP) is 1.33. The van der Waals surface area contributed by atoms with E-state index < -0.39 is 42.3 Å². The highest BCUT2D eigenvalue weighted by Gasteiger charge is 2.45. The standard InChI is InChI=1S/C18H22O8/c1-11(19)25-15-14(9-23-17(21)13-7-5-4-6-8-13)10-24-18(22-3)16(15)26-12(2)20/h4-8,14-16,18H,9-10H2,1-3H3/t14-,15?,16?,18?/m1/s1. The molecule has 2 rings (SSSR count). The van der Waals surface area contributed by atoms with E-state index >= 15 is 0 Å². The number of rotatable bonds is 6. The molecule has 0 spiro atoms. The normalized spacial score (nSPS) is 25.2. The van der Waals surface area contributed by atoms with E-state index in [2.05, 4.69) is 0 Å². The first-order chi connectivity index (χ1) is 12.4. The average molecular weight is 366 g/mol. The Kier molecular flexibility index (Phi) is 7.11. The van der Waals surface area contributed by atoms with Crippen LogP contribution >= 0.6 is 0 Å². The molecule has 26 heavy (non-hydrogen) atoms. The van der Waals surface area contributed by atoms with Gasteiger partial charge in [-0.05, 0) is 12.1 Å². The third kappa shape index (κ3) is 5.27. The first kappa shape index (κ1) is 19.9. The van der Waals surface area contributed by atoms with Crippen molar-refractivity contribution in [1.82, 2.24) is 0 Å². The fraction of sp³-hybridized carbons (Fsp3) is 0.500. The van der Waals surface area contributed by atoms with Crippen LogP contribution in [0.5, 0.6) is 0 Å². The van der Waals surface area contributed by atoms with Gasteiger partial charge in [-0.2, -0.15) is 0 Å². The molecular weight excluding hydrogens is 344 g/mol. The highest BCUT2D eigenvalue weighted by atomic mass is 16.7. The van der Waals surface area contributed by atoms with Crippen LogP contribution in [0.1, 0.15) is 24.2 Å². The third-order valence-corrected chi connectivity index (χ3v) is 3.81. The van der Waals surface area contributed by atoms with Crippen molar-refractivity contribution >= 4 is 17.9 Å². The predicted molar refractivity (Wildman–Crippen MR) is 88.1 cm³/mol. The van der Waals surface area contributed by atoms with Crippen LogP contribution in [-0.2, 0) is 33.3 Å². The Morgan fingerprint density at radius 2 is 1.65 bits per heavy atom. The zero-order valence-electron chi connectivity index (χ0n) is 14.9. The molecule has 8 nitrogen and oxygen atoms in total. The van der Waals surface area contributed by atoms with Crippen LogP contribution in [0.2, 0.25) is 0 Å². The molecule has 8 heteroatoms. The summed E-state index contributed by atoms with van der Waals surface area (Å²) < 4.78 is 26.5. The van der Waals surface area contributed by atoms with Crippen LogP contribution < -0.4 is 0 Å². The van der Waals surface area contributed by atoms with E-state index in [0.717, 1.165) is 0 Å². The number of benzene rings is 1. The molecule has 1 fully saturated rings. The highest BCUT2D eigenvalue weighted by molar-refractivity contribution is 5.89. The van der Waals surface area contributed by atoms with Gasteiger partial charge < -0.3 is 23.7 Å². The second-order valence-electron chi connectivity index (χ2n) is 5.81. The summed E-state index contributed by atoms with van der Waals surface area (Å²) in [5.41, 5.74) is 0.402. The molecule has 0 radical (unpaired) electrons. The number of carbonyl (C=O) groups is 3. The Morgan fingerprint density at radius 3 is 2.23 bits per heavy atom. The van der Waals surface area contributed by atoms with Gasteiger partial charge in [0.2, 0.25) is 0 Å². The van der Waals surface area contributed by atoms with E-state index in [4.69, 9.17) is 23.7 Å². The number of hydrogen-bond acceptors (Lipinski definition) is 8. The summed E-state index contributed by atoms with van der Waals surface area (Å²) in [5, 5.41) is 0. The SMILES string of the molecule is COC1OC[C@@H](COC(=O)c2ccccc2)C(OC(C)=O)C1OC(C)=O. The minimum atomic E-state index is -0.962. The monoisotopic (exact) mass is 366 g/mol. The van der Waals surface area contributed by atoms with Crippen molar-refractivity contribution in [2.24, 2.45) is 5.92 Å². The molecule has 1 aromatic rings. The maximum atomic E-state index is 12.1. The summed E-state index contributed by atoms with van der Waals surface area (Å²) >= 11 is 0. The Hall–Kier alpha value is -2.45. The van der Waals surface area contributed by atoms with Gasteiger partial charge in [0.05, 0.1) is 18.1 Å². The van der Waals surface area contributed by atoms with Gasteiger partial charge in [0.25, 0.3) is 0 Å². The molecule has 1 aromatic carbocycles. The third-order valence-electron chi connectivity index (χ3n) is 3.81. The first-order valence-corrected chi connectivity index (χ1v) is 8.13. The van der Waals surface area contributed by atoms with Gasteiger partial charge >= 0.3 is 17.9 Å². The van der Waals surface area contributed by atoms with Crippen LogP contribution in [0.25, 0.3) is 0 Å². The molecule has 142 valence electrons. The highest BCUT2D eigenvalue weighted by Crippen LogP contribution is 2.27. The Bertz CT molecular complexity index is 629. The summed E-state index contributed by atoms with van der Waals surface area (Å²) in [4.78, 5) is 35.0. The fourth-order valence-corrected chi connectivity index (χ4v) is 2.69. The van der Waals surface area contributed by atoms with Crippen LogP contribution in [0.4, 0.5) is 0 Å². The molecule has 0 aliphatic carbocycles. The minimum absolute atomic E-state index is 0.0696. The molecule has 0 bridgehead atoms. The van der Waals surface area contributed by atoms with Gasteiger partial charge in [-0.15, -0.1) is 0 Å². The van der Waals surface area contributed by atoms with Gasteiger partial charge in [0.1, 0.15) is 6.61 Å². The average Bonchev–Trinajstić information content (AvgIpc) is 2.61. The maximum Gasteiger partial charge on any atom is 0.338 e. The number of esters is 3. The van der Waals surface area contributed by atoms with Gasteiger partial charge in [-0.1, -0.05) is 18.2 Å². The van der Waals surface area contributed by atoms with Crippen molar-refractivity contribution in [3.05, 3.63) is 35.9 Å². The van der Waals surface area contributed by atoms with Gasteiger partial charge in [-0.25, -0.2) is 4.79 Å². The van der Waals surface area contributed by atoms with Crippen LogP contribution in [-0.4, -0.2) is 56.7 Å². The number of methoxy groups -OCH3 is 1. The number of hydrogen-bond donors (Lipinski definition) is 0. The summed E-state index contributed by atoms with van der Waals surface area (Å²) in [6, 6.07) is 8.50. The van der Waals surface area contributed by atoms with E-state index in [1.54, 1.807) is 30.3 Å². The minimum Gasteiger partial charge on any atom is -0.462 e. The Morgan fingerprint density at radius 1 is 1.04 bits per heavy atom. The second-order valence-corrected chi connectivity index (χ2v) is 5.81. The van der Waals surface area contributed by atoms with Gasteiger partial charge in [-0.3, -0.25) is 9.59 Å². The van der Waals surface area contributed by atoms with E-state index in [0.29, 0.717) is 5.56 Å². The molecule has 1 aliphatic heterocycles. The lowest BCUT2D eigenvalue weighted by Gasteiger charge is -2.40.